The van der Waals surface area contributed by atoms with Crippen LogP contribution in [-0.2, 0) is 19.1 Å². The van der Waals surface area contributed by atoms with Gasteiger partial charge in [0, 0.05) is 0 Å². The van der Waals surface area contributed by atoms with Crippen molar-refractivity contribution in [3.05, 3.63) is 0 Å². The number of rotatable bonds is 4. The van der Waals surface area contributed by atoms with Gasteiger partial charge in [-0.15, -0.1) is 0 Å². The van der Waals surface area contributed by atoms with Gasteiger partial charge < -0.3 is 15.2 Å². The van der Waals surface area contributed by atoms with E-state index in [0.717, 1.165) is 0 Å². The topological polar surface area (TPSA) is 78.6 Å². The molecule has 0 spiro atoms. The molecule has 0 rings (SSSR count). The third-order valence-electron chi connectivity index (χ3n) is 1.63. The summed E-state index contributed by atoms with van der Waals surface area (Å²) in [5, 5.41) is 0. The molecule has 0 bridgehead atoms. The maximum atomic E-state index is 11.6. The van der Waals surface area contributed by atoms with E-state index in [0.29, 0.717) is 0 Å². The van der Waals surface area contributed by atoms with Gasteiger partial charge in [0.1, 0.15) is 5.60 Å². The molecule has 0 aliphatic carbocycles. The highest BCUT2D eigenvalue weighted by atomic mass is 16.6. The predicted octanol–water partition coefficient (Wildman–Crippen LogP) is 0.466. The Morgan fingerprint density at radius 1 is 1.27 bits per heavy atom. The Morgan fingerprint density at radius 2 is 1.80 bits per heavy atom. The van der Waals surface area contributed by atoms with Crippen molar-refractivity contribution in [2.75, 3.05) is 13.7 Å². The molecule has 0 fully saturated rings. The van der Waals surface area contributed by atoms with Crippen molar-refractivity contribution in [2.45, 2.75) is 32.8 Å². The molecular formula is C10H19NO4. The van der Waals surface area contributed by atoms with Gasteiger partial charge in [-0.1, -0.05) is 0 Å². The van der Waals surface area contributed by atoms with E-state index in [1.807, 2.05) is 0 Å². The quantitative estimate of drug-likeness (QED) is 0.547. The van der Waals surface area contributed by atoms with E-state index in [9.17, 15) is 9.59 Å². The molecule has 2 N–H and O–H groups in total. The normalized spacial score (nSPS) is 13.1. The second kappa shape index (κ2) is 5.70. The maximum absolute atomic E-state index is 11.6. The van der Waals surface area contributed by atoms with Crippen LogP contribution in [0.5, 0.6) is 0 Å². The van der Waals surface area contributed by atoms with Crippen molar-refractivity contribution in [3.63, 3.8) is 0 Å². The van der Waals surface area contributed by atoms with E-state index < -0.39 is 23.5 Å². The number of hydrogen-bond acceptors (Lipinski definition) is 5. The molecule has 0 aliphatic rings. The zero-order chi connectivity index (χ0) is 12.1. The fourth-order valence-corrected chi connectivity index (χ4v) is 1.01. The Hall–Kier alpha value is -1.10. The molecule has 0 aliphatic heterocycles. The largest absolute Gasteiger partial charge is 0.468 e. The standard InChI is InChI=1S/C10H19NO4/c1-10(2,3)15-9(13)7(5-6-11)8(12)14-4/h7H,5-6,11H2,1-4H3/t7-/m1/s1. The minimum absolute atomic E-state index is 0.235. The summed E-state index contributed by atoms with van der Waals surface area (Å²) in [7, 11) is 1.23. The minimum atomic E-state index is -0.917. The highest BCUT2D eigenvalue weighted by Gasteiger charge is 2.31. The smallest absolute Gasteiger partial charge is 0.320 e. The molecule has 0 heterocycles. The first-order chi connectivity index (χ1) is 6.81. The SMILES string of the molecule is COC(=O)[C@@H](CCN)C(=O)OC(C)(C)C. The lowest BCUT2D eigenvalue weighted by Gasteiger charge is -2.22. The lowest BCUT2D eigenvalue weighted by molar-refractivity contribution is -0.168. The molecule has 0 amide bonds. The van der Waals surface area contributed by atoms with Crippen molar-refractivity contribution >= 4 is 11.9 Å². The Morgan fingerprint density at radius 3 is 2.13 bits per heavy atom. The van der Waals surface area contributed by atoms with Gasteiger partial charge in [-0.05, 0) is 33.7 Å². The lowest BCUT2D eigenvalue weighted by atomic mass is 10.1. The van der Waals surface area contributed by atoms with E-state index in [1.165, 1.54) is 7.11 Å². The number of methoxy groups -OCH3 is 1. The Balaban J connectivity index is 4.49. The van der Waals surface area contributed by atoms with Gasteiger partial charge in [0.2, 0.25) is 0 Å². The third kappa shape index (κ3) is 5.37. The van der Waals surface area contributed by atoms with Gasteiger partial charge in [-0.25, -0.2) is 0 Å². The predicted molar refractivity (Wildman–Crippen MR) is 55.0 cm³/mol. The summed E-state index contributed by atoms with van der Waals surface area (Å²) in [5.41, 5.74) is 4.69. The van der Waals surface area contributed by atoms with Crippen LogP contribution in [0.3, 0.4) is 0 Å². The van der Waals surface area contributed by atoms with E-state index in [1.54, 1.807) is 20.8 Å². The Labute approximate surface area is 89.9 Å². The van der Waals surface area contributed by atoms with Crippen molar-refractivity contribution in [3.8, 4) is 0 Å². The maximum Gasteiger partial charge on any atom is 0.320 e. The Kier molecular flexibility index (Phi) is 5.28. The van der Waals surface area contributed by atoms with Crippen molar-refractivity contribution in [2.24, 2.45) is 11.7 Å². The zero-order valence-electron chi connectivity index (χ0n) is 9.70. The average molecular weight is 217 g/mol. The molecule has 0 radical (unpaired) electrons. The minimum Gasteiger partial charge on any atom is -0.468 e. The number of hydrogen-bond donors (Lipinski definition) is 1. The van der Waals surface area contributed by atoms with Gasteiger partial charge in [-0.2, -0.15) is 0 Å². The monoisotopic (exact) mass is 217 g/mol. The van der Waals surface area contributed by atoms with Gasteiger partial charge in [0.15, 0.2) is 5.92 Å². The van der Waals surface area contributed by atoms with E-state index in [2.05, 4.69) is 4.74 Å². The third-order valence-corrected chi connectivity index (χ3v) is 1.63. The van der Waals surface area contributed by atoms with Crippen LogP contribution in [0, 0.1) is 5.92 Å². The number of carbonyl (C=O) groups excluding carboxylic acids is 2. The number of nitrogens with two attached hydrogens (primary N) is 1. The summed E-state index contributed by atoms with van der Waals surface area (Å²) in [6.45, 7) is 5.45. The van der Waals surface area contributed by atoms with Gasteiger partial charge in [0.05, 0.1) is 7.11 Å². The van der Waals surface area contributed by atoms with Crippen LogP contribution in [0.15, 0.2) is 0 Å². The molecule has 5 nitrogen and oxygen atoms in total. The van der Waals surface area contributed by atoms with Crippen molar-refractivity contribution in [1.82, 2.24) is 0 Å². The van der Waals surface area contributed by atoms with Crippen molar-refractivity contribution in [1.29, 1.82) is 0 Å². The number of ether oxygens (including phenoxy) is 2. The van der Waals surface area contributed by atoms with Crippen molar-refractivity contribution < 1.29 is 19.1 Å². The van der Waals surface area contributed by atoms with Crippen LogP contribution in [-0.4, -0.2) is 31.2 Å². The van der Waals surface area contributed by atoms with Gasteiger partial charge in [0.25, 0.3) is 0 Å². The fourth-order valence-electron chi connectivity index (χ4n) is 1.01. The fraction of sp³-hybridized carbons (Fsp3) is 0.800. The molecule has 0 unspecified atom stereocenters. The van der Waals surface area contributed by atoms with Crippen LogP contribution in [0.1, 0.15) is 27.2 Å². The summed E-state index contributed by atoms with van der Waals surface area (Å²) >= 11 is 0. The summed E-state index contributed by atoms with van der Waals surface area (Å²) in [6, 6.07) is 0. The molecule has 88 valence electrons. The second-order valence-electron chi connectivity index (χ2n) is 4.19. The summed E-state index contributed by atoms with van der Waals surface area (Å²) in [4.78, 5) is 22.8. The molecule has 0 aromatic carbocycles. The molecule has 0 saturated heterocycles. The van der Waals surface area contributed by atoms with Gasteiger partial charge in [-0.3, -0.25) is 9.59 Å². The lowest BCUT2D eigenvalue weighted by Crippen LogP contribution is -2.34. The first-order valence-corrected chi connectivity index (χ1v) is 4.82. The zero-order valence-corrected chi connectivity index (χ0v) is 9.70. The van der Waals surface area contributed by atoms with Gasteiger partial charge >= 0.3 is 11.9 Å². The molecule has 1 atom stereocenters. The van der Waals surface area contributed by atoms with Crippen LogP contribution < -0.4 is 5.73 Å². The molecule has 15 heavy (non-hydrogen) atoms. The molecule has 5 heteroatoms. The molecule has 0 aromatic rings. The Bertz CT molecular complexity index is 232. The summed E-state index contributed by atoms with van der Waals surface area (Å²) in [6.07, 6.45) is 0.238. The first-order valence-electron chi connectivity index (χ1n) is 4.82. The number of carbonyl (C=O) groups is 2. The van der Waals surface area contributed by atoms with E-state index in [4.69, 9.17) is 10.5 Å². The first kappa shape index (κ1) is 13.9. The van der Waals surface area contributed by atoms with Crippen LogP contribution >= 0.6 is 0 Å². The van der Waals surface area contributed by atoms with E-state index >= 15 is 0 Å². The van der Waals surface area contributed by atoms with Crippen LogP contribution in [0.25, 0.3) is 0 Å². The summed E-state index contributed by atoms with van der Waals surface area (Å²) < 4.78 is 9.59. The van der Waals surface area contributed by atoms with Crippen LogP contribution in [0.2, 0.25) is 0 Å². The average Bonchev–Trinajstić information content (AvgIpc) is 2.10. The molecule has 0 saturated carbocycles. The number of esters is 2. The van der Waals surface area contributed by atoms with Crippen LogP contribution in [0.4, 0.5) is 0 Å². The molecular weight excluding hydrogens is 198 g/mol. The summed E-state index contributed by atoms with van der Waals surface area (Å²) in [5.74, 6) is -2.10. The molecule has 0 aromatic heterocycles. The van der Waals surface area contributed by atoms with E-state index in [-0.39, 0.29) is 13.0 Å². The highest BCUT2D eigenvalue weighted by Crippen LogP contribution is 2.14. The second-order valence-corrected chi connectivity index (χ2v) is 4.19. The highest BCUT2D eigenvalue weighted by molar-refractivity contribution is 5.94.